The van der Waals surface area contributed by atoms with Gasteiger partial charge in [0.25, 0.3) is 0 Å². The number of carbonyl (C=O) groups is 2. The van der Waals surface area contributed by atoms with Crippen LogP contribution in [0.15, 0.2) is 48.5 Å². The van der Waals surface area contributed by atoms with Crippen LogP contribution < -0.4 is 16.0 Å². The number of urea groups is 1. The van der Waals surface area contributed by atoms with Gasteiger partial charge in [0.05, 0.1) is 6.04 Å². The average molecular weight is 353 g/mol. The van der Waals surface area contributed by atoms with Crippen LogP contribution in [0.5, 0.6) is 0 Å². The molecule has 0 unspecified atom stereocenters. The maximum atomic E-state index is 12.2. The number of hydrogen-bond donors (Lipinski definition) is 3. The zero-order chi connectivity index (χ0) is 19.3. The van der Waals surface area contributed by atoms with Crippen molar-refractivity contribution in [3.8, 4) is 0 Å². The highest BCUT2D eigenvalue weighted by Crippen LogP contribution is 2.23. The van der Waals surface area contributed by atoms with Crippen LogP contribution in [0.2, 0.25) is 0 Å². The van der Waals surface area contributed by atoms with Gasteiger partial charge < -0.3 is 16.0 Å². The molecule has 0 saturated heterocycles. The third-order valence-electron chi connectivity index (χ3n) is 4.06. The Morgan fingerprint density at radius 1 is 0.923 bits per heavy atom. The largest absolute Gasteiger partial charge is 0.331 e. The second-order valence-electron chi connectivity index (χ2n) is 7.45. The molecule has 0 heterocycles. The minimum Gasteiger partial charge on any atom is -0.331 e. The van der Waals surface area contributed by atoms with Gasteiger partial charge in [0.15, 0.2) is 0 Å². The quantitative estimate of drug-likeness (QED) is 0.737. The van der Waals surface area contributed by atoms with Gasteiger partial charge in [-0.3, -0.25) is 4.79 Å². The van der Waals surface area contributed by atoms with Crippen LogP contribution in [0.4, 0.5) is 16.2 Å². The molecule has 5 nitrogen and oxygen atoms in total. The molecule has 0 radical (unpaired) electrons. The summed E-state index contributed by atoms with van der Waals surface area (Å²) in [7, 11) is 0. The lowest BCUT2D eigenvalue weighted by atomic mass is 9.87. The molecule has 0 aliphatic heterocycles. The summed E-state index contributed by atoms with van der Waals surface area (Å²) in [5.74, 6) is -0.126. The number of nitrogens with one attached hydrogen (secondary N) is 3. The van der Waals surface area contributed by atoms with Crippen molar-refractivity contribution in [3.05, 3.63) is 59.7 Å². The number of amides is 3. The Hall–Kier alpha value is -2.82. The van der Waals surface area contributed by atoms with Crippen molar-refractivity contribution in [2.75, 3.05) is 10.6 Å². The van der Waals surface area contributed by atoms with E-state index < -0.39 is 0 Å². The van der Waals surface area contributed by atoms with Crippen molar-refractivity contribution in [2.24, 2.45) is 0 Å². The number of carbonyl (C=O) groups excluding carboxylic acids is 2. The zero-order valence-electron chi connectivity index (χ0n) is 16.0. The van der Waals surface area contributed by atoms with Crippen LogP contribution >= 0.6 is 0 Å². The Balaban J connectivity index is 1.98. The summed E-state index contributed by atoms with van der Waals surface area (Å²) in [6.07, 6.45) is 0. The fourth-order valence-corrected chi connectivity index (χ4v) is 2.59. The molecule has 0 spiro atoms. The minimum atomic E-state index is -0.272. The van der Waals surface area contributed by atoms with E-state index in [0.717, 1.165) is 11.3 Å². The summed E-state index contributed by atoms with van der Waals surface area (Å²) >= 11 is 0. The molecule has 0 aliphatic rings. The van der Waals surface area contributed by atoms with Gasteiger partial charge in [-0.05, 0) is 47.7 Å². The van der Waals surface area contributed by atoms with Gasteiger partial charge in [-0.25, -0.2) is 4.79 Å². The summed E-state index contributed by atoms with van der Waals surface area (Å²) in [5.41, 5.74) is 3.66. The Morgan fingerprint density at radius 3 is 2.15 bits per heavy atom. The second kappa shape index (κ2) is 8.04. The lowest BCUT2D eigenvalue weighted by Gasteiger charge is -2.19. The van der Waals surface area contributed by atoms with Crippen LogP contribution in [0.3, 0.4) is 0 Å². The van der Waals surface area contributed by atoms with E-state index in [1.807, 2.05) is 55.5 Å². The molecule has 3 amide bonds. The standard InChI is InChI=1S/C21H27N3O2/c1-14(16-7-6-8-19(13-16)23-15(2)25)22-20(26)24-18-11-9-17(10-12-18)21(3,4)5/h6-14H,1-5H3,(H,23,25)(H2,22,24,26)/t14-/m0/s1. The van der Waals surface area contributed by atoms with Crippen molar-refractivity contribution in [3.63, 3.8) is 0 Å². The fraction of sp³-hybridized carbons (Fsp3) is 0.333. The van der Waals surface area contributed by atoms with E-state index in [-0.39, 0.29) is 23.4 Å². The molecule has 26 heavy (non-hydrogen) atoms. The van der Waals surface area contributed by atoms with E-state index >= 15 is 0 Å². The lowest BCUT2D eigenvalue weighted by molar-refractivity contribution is -0.114. The molecule has 2 rings (SSSR count). The van der Waals surface area contributed by atoms with Crippen LogP contribution in [-0.4, -0.2) is 11.9 Å². The molecule has 0 fully saturated rings. The number of rotatable bonds is 4. The SMILES string of the molecule is CC(=O)Nc1cccc([C@H](C)NC(=O)Nc2ccc(C(C)(C)C)cc2)c1. The molecule has 0 saturated carbocycles. The highest BCUT2D eigenvalue weighted by molar-refractivity contribution is 5.90. The molecule has 0 aliphatic carbocycles. The molecule has 138 valence electrons. The van der Waals surface area contributed by atoms with E-state index in [1.54, 1.807) is 0 Å². The summed E-state index contributed by atoms with van der Waals surface area (Å²) in [5, 5.41) is 8.50. The molecule has 3 N–H and O–H groups in total. The highest BCUT2D eigenvalue weighted by atomic mass is 16.2. The Morgan fingerprint density at radius 2 is 1.58 bits per heavy atom. The molecular formula is C21H27N3O2. The topological polar surface area (TPSA) is 70.2 Å². The molecule has 2 aromatic rings. The van der Waals surface area contributed by atoms with Gasteiger partial charge in [0.2, 0.25) is 5.91 Å². The molecule has 2 aromatic carbocycles. The first-order valence-corrected chi connectivity index (χ1v) is 8.71. The number of benzene rings is 2. The van der Waals surface area contributed by atoms with Crippen molar-refractivity contribution < 1.29 is 9.59 Å². The summed E-state index contributed by atoms with van der Waals surface area (Å²) in [6.45, 7) is 9.82. The normalized spacial score (nSPS) is 12.2. The van der Waals surface area contributed by atoms with Crippen molar-refractivity contribution in [1.29, 1.82) is 0 Å². The van der Waals surface area contributed by atoms with Crippen LogP contribution in [-0.2, 0) is 10.2 Å². The third-order valence-corrected chi connectivity index (χ3v) is 4.06. The minimum absolute atomic E-state index is 0.0776. The van der Waals surface area contributed by atoms with Gasteiger partial charge in [0, 0.05) is 18.3 Å². The Kier molecular flexibility index (Phi) is 6.03. The maximum absolute atomic E-state index is 12.2. The molecule has 0 aromatic heterocycles. The van der Waals surface area contributed by atoms with Gasteiger partial charge in [0.1, 0.15) is 0 Å². The smallest absolute Gasteiger partial charge is 0.319 e. The third kappa shape index (κ3) is 5.62. The van der Waals surface area contributed by atoms with Crippen molar-refractivity contribution >= 4 is 23.3 Å². The van der Waals surface area contributed by atoms with Crippen LogP contribution in [0.25, 0.3) is 0 Å². The van der Waals surface area contributed by atoms with Gasteiger partial charge in [-0.15, -0.1) is 0 Å². The molecular weight excluding hydrogens is 326 g/mol. The molecule has 1 atom stereocenters. The van der Waals surface area contributed by atoms with E-state index in [1.165, 1.54) is 12.5 Å². The van der Waals surface area contributed by atoms with Crippen LogP contribution in [0.1, 0.15) is 51.8 Å². The maximum Gasteiger partial charge on any atom is 0.319 e. The molecule has 0 bridgehead atoms. The van der Waals surface area contributed by atoms with Gasteiger partial charge >= 0.3 is 6.03 Å². The van der Waals surface area contributed by atoms with E-state index in [9.17, 15) is 9.59 Å². The molecule has 5 heteroatoms. The first-order valence-electron chi connectivity index (χ1n) is 8.71. The number of anilines is 2. The van der Waals surface area contributed by atoms with Gasteiger partial charge in [-0.1, -0.05) is 45.0 Å². The zero-order valence-corrected chi connectivity index (χ0v) is 16.0. The van der Waals surface area contributed by atoms with Crippen molar-refractivity contribution in [2.45, 2.75) is 46.1 Å². The monoisotopic (exact) mass is 353 g/mol. The predicted octanol–water partition coefficient (Wildman–Crippen LogP) is 4.83. The first kappa shape index (κ1) is 19.5. The Bertz CT molecular complexity index is 777. The summed E-state index contributed by atoms with van der Waals surface area (Å²) in [4.78, 5) is 23.4. The first-order chi connectivity index (χ1) is 12.1. The number of hydrogen-bond acceptors (Lipinski definition) is 2. The average Bonchev–Trinajstić information content (AvgIpc) is 2.54. The van der Waals surface area contributed by atoms with E-state index in [2.05, 4.69) is 36.7 Å². The lowest BCUT2D eigenvalue weighted by Crippen LogP contribution is -2.31. The van der Waals surface area contributed by atoms with E-state index in [0.29, 0.717) is 5.69 Å². The fourth-order valence-electron chi connectivity index (χ4n) is 2.59. The second-order valence-corrected chi connectivity index (χ2v) is 7.45. The predicted molar refractivity (Wildman–Crippen MR) is 106 cm³/mol. The van der Waals surface area contributed by atoms with Crippen molar-refractivity contribution in [1.82, 2.24) is 5.32 Å². The summed E-state index contributed by atoms with van der Waals surface area (Å²) in [6, 6.07) is 14.8. The van der Waals surface area contributed by atoms with Crippen LogP contribution in [0, 0.1) is 0 Å². The highest BCUT2D eigenvalue weighted by Gasteiger charge is 2.14. The van der Waals surface area contributed by atoms with E-state index in [4.69, 9.17) is 0 Å². The summed E-state index contributed by atoms with van der Waals surface area (Å²) < 4.78 is 0. The van der Waals surface area contributed by atoms with Gasteiger partial charge in [-0.2, -0.15) is 0 Å². The Labute approximate surface area is 155 Å².